The van der Waals surface area contributed by atoms with Crippen LogP contribution in [0.2, 0.25) is 13.1 Å². The molecule has 2 aliphatic carbocycles. The van der Waals surface area contributed by atoms with Crippen LogP contribution in [-0.4, -0.2) is 17.2 Å². The lowest BCUT2D eigenvalue weighted by atomic mass is 10.0. The van der Waals surface area contributed by atoms with Gasteiger partial charge in [0.25, 0.3) is 0 Å². The van der Waals surface area contributed by atoms with E-state index in [1.54, 1.807) is 10.4 Å². The van der Waals surface area contributed by atoms with Gasteiger partial charge in [-0.2, -0.15) is 0 Å². The van der Waals surface area contributed by atoms with E-state index in [4.69, 9.17) is 0 Å². The van der Waals surface area contributed by atoms with E-state index in [2.05, 4.69) is 192 Å². The lowest BCUT2D eigenvalue weighted by Gasteiger charge is -2.29. The summed E-state index contributed by atoms with van der Waals surface area (Å²) >= 11 is 0. The normalized spacial score (nSPS) is 13.1. The molecule has 2 aromatic heterocycles. The average Bonchev–Trinajstić information content (AvgIpc) is 3.98. The highest BCUT2D eigenvalue weighted by Gasteiger charge is 2.37. The molecule has 0 spiro atoms. The first-order chi connectivity index (χ1) is 27.1. The van der Waals surface area contributed by atoms with Gasteiger partial charge in [-0.15, -0.1) is 0 Å². The molecule has 3 heteroatoms. The van der Waals surface area contributed by atoms with Crippen LogP contribution in [0.4, 0.5) is 0 Å². The van der Waals surface area contributed by atoms with Crippen LogP contribution in [0.5, 0.6) is 0 Å². The smallest absolute Gasteiger partial charge is 0.113 e. The van der Waals surface area contributed by atoms with E-state index >= 15 is 0 Å². The van der Waals surface area contributed by atoms with E-state index in [0.29, 0.717) is 0 Å². The number of hydrogen-bond donors (Lipinski definition) is 0. The van der Waals surface area contributed by atoms with E-state index in [-0.39, 0.29) is 0 Å². The molecule has 0 N–H and O–H groups in total. The Morgan fingerprint density at radius 1 is 0.382 bits per heavy atom. The molecule has 2 aliphatic rings. The summed E-state index contributed by atoms with van der Waals surface area (Å²) in [7, 11) is -2.21. The van der Waals surface area contributed by atoms with Crippen molar-refractivity contribution in [3.8, 4) is 33.6 Å². The topological polar surface area (TPSA) is 9.86 Å². The fourth-order valence-electron chi connectivity index (χ4n) is 10.5. The maximum atomic E-state index is 2.59. The van der Waals surface area contributed by atoms with E-state index < -0.39 is 8.07 Å². The Morgan fingerprint density at radius 3 is 1.25 bits per heavy atom. The molecule has 2 nitrogen and oxygen atoms in total. The molecule has 55 heavy (non-hydrogen) atoms. The lowest BCUT2D eigenvalue weighted by molar-refractivity contribution is 1.18. The maximum Gasteiger partial charge on any atom is 0.113 e. The standard InChI is InChI=1S/C52H38N2Si/c1-55(2,47-25-13-21-39-43(47)31-33-27-29-41-37-19-9-11-23-45(37)53(51(41)49(33)39)35-15-5-3-6-16-35)48-26-14-22-40-44(48)32-34-28-30-42-38-20-10-12-24-46(38)54(52(42)50(34)40)36-17-7-4-8-18-36/h3-30H,31-32H2,1-2H3. The van der Waals surface area contributed by atoms with Crippen LogP contribution >= 0.6 is 0 Å². The average molecular weight is 719 g/mol. The van der Waals surface area contributed by atoms with E-state index in [0.717, 1.165) is 12.8 Å². The van der Waals surface area contributed by atoms with E-state index in [1.807, 2.05) is 0 Å². The first-order valence-electron chi connectivity index (χ1n) is 19.5. The summed E-state index contributed by atoms with van der Waals surface area (Å²) in [6, 6.07) is 63.6. The molecule has 0 saturated heterocycles. The van der Waals surface area contributed by atoms with Crippen molar-refractivity contribution in [3.63, 3.8) is 0 Å². The second-order valence-electron chi connectivity index (χ2n) is 16.0. The van der Waals surface area contributed by atoms with Gasteiger partial charge in [0.05, 0.1) is 22.1 Å². The molecule has 0 bridgehead atoms. The molecule has 0 atom stereocenters. The molecule has 260 valence electrons. The molecule has 0 radical (unpaired) electrons. The number of hydrogen-bond acceptors (Lipinski definition) is 0. The molecule has 0 fully saturated rings. The maximum absolute atomic E-state index is 2.59. The molecule has 0 saturated carbocycles. The SMILES string of the molecule is C[Si](C)(c1cccc2c1Cc1ccc3c4ccccc4n(-c4ccccc4)c3c1-2)c1cccc2c1Cc1ccc3c4ccccc4n(-c4ccccc4)c3c1-2. The number of benzene rings is 8. The van der Waals surface area contributed by atoms with Crippen LogP contribution in [-0.2, 0) is 12.8 Å². The van der Waals surface area contributed by atoms with Crippen LogP contribution in [0.3, 0.4) is 0 Å². The van der Waals surface area contributed by atoms with Crippen molar-refractivity contribution < 1.29 is 0 Å². The minimum atomic E-state index is -2.21. The van der Waals surface area contributed by atoms with Gasteiger partial charge in [0.15, 0.2) is 0 Å². The molecular weight excluding hydrogens is 681 g/mol. The van der Waals surface area contributed by atoms with Crippen molar-refractivity contribution in [3.05, 3.63) is 192 Å². The summed E-state index contributed by atoms with van der Waals surface area (Å²) in [6.07, 6.45) is 1.94. The van der Waals surface area contributed by atoms with Crippen molar-refractivity contribution in [1.82, 2.24) is 9.13 Å². The highest BCUT2D eigenvalue weighted by molar-refractivity contribution is 7.01. The fourth-order valence-corrected chi connectivity index (χ4v) is 13.8. The summed E-state index contributed by atoms with van der Waals surface area (Å²) in [4.78, 5) is 0. The van der Waals surface area contributed by atoms with E-state index in [9.17, 15) is 0 Å². The second kappa shape index (κ2) is 11.3. The summed E-state index contributed by atoms with van der Waals surface area (Å²) in [5, 5.41) is 8.39. The Bertz CT molecular complexity index is 3000. The first-order valence-corrected chi connectivity index (χ1v) is 22.5. The van der Waals surface area contributed by atoms with Gasteiger partial charge in [0.1, 0.15) is 8.07 Å². The number of para-hydroxylation sites is 4. The predicted molar refractivity (Wildman–Crippen MR) is 235 cm³/mol. The van der Waals surface area contributed by atoms with Crippen molar-refractivity contribution in [2.45, 2.75) is 25.9 Å². The quantitative estimate of drug-likeness (QED) is 0.160. The summed E-state index contributed by atoms with van der Waals surface area (Å²) in [5.74, 6) is 0. The third kappa shape index (κ3) is 4.19. The molecule has 0 amide bonds. The van der Waals surface area contributed by atoms with Gasteiger partial charge in [-0.05, 0) is 82.6 Å². The largest absolute Gasteiger partial charge is 0.309 e. The van der Waals surface area contributed by atoms with Gasteiger partial charge < -0.3 is 9.13 Å². The zero-order valence-electron chi connectivity index (χ0n) is 31.0. The molecule has 12 rings (SSSR count). The summed E-state index contributed by atoms with van der Waals surface area (Å²) in [5.41, 5.74) is 19.1. The summed E-state index contributed by atoms with van der Waals surface area (Å²) < 4.78 is 5.01. The third-order valence-corrected chi connectivity index (χ3v) is 16.5. The fraction of sp³-hybridized carbons (Fsp3) is 0.0769. The number of nitrogens with zero attached hydrogens (tertiary/aromatic N) is 2. The van der Waals surface area contributed by atoms with Gasteiger partial charge >= 0.3 is 0 Å². The van der Waals surface area contributed by atoms with Crippen LogP contribution in [0.15, 0.2) is 170 Å². The number of rotatable bonds is 4. The van der Waals surface area contributed by atoms with Crippen molar-refractivity contribution in [2.75, 3.05) is 0 Å². The Labute approximate surface area is 321 Å². The van der Waals surface area contributed by atoms with Crippen molar-refractivity contribution >= 4 is 62.1 Å². The van der Waals surface area contributed by atoms with Crippen molar-refractivity contribution in [2.24, 2.45) is 0 Å². The van der Waals surface area contributed by atoms with Crippen LogP contribution in [0.25, 0.3) is 77.2 Å². The molecule has 10 aromatic rings. The molecule has 0 unspecified atom stereocenters. The highest BCUT2D eigenvalue weighted by atomic mass is 28.3. The minimum absolute atomic E-state index is 0.969. The molecule has 8 aromatic carbocycles. The number of fused-ring (bicyclic) bond motifs is 14. The van der Waals surface area contributed by atoms with Crippen LogP contribution in [0.1, 0.15) is 22.3 Å². The third-order valence-electron chi connectivity index (χ3n) is 12.8. The first kappa shape index (κ1) is 31.0. The Balaban J connectivity index is 1.06. The lowest BCUT2D eigenvalue weighted by Crippen LogP contribution is -2.55. The van der Waals surface area contributed by atoms with Crippen molar-refractivity contribution in [1.29, 1.82) is 0 Å². The molecule has 0 aliphatic heterocycles. The summed E-state index contributed by atoms with van der Waals surface area (Å²) in [6.45, 7) is 5.19. The Hall–Kier alpha value is -6.42. The second-order valence-corrected chi connectivity index (χ2v) is 20.3. The zero-order chi connectivity index (χ0) is 36.4. The predicted octanol–water partition coefficient (Wildman–Crippen LogP) is 11.8. The van der Waals surface area contributed by atoms with E-state index in [1.165, 1.54) is 99.5 Å². The minimum Gasteiger partial charge on any atom is -0.309 e. The Kier molecular flexibility index (Phi) is 6.36. The van der Waals surface area contributed by atoms with Gasteiger partial charge in [-0.3, -0.25) is 0 Å². The highest BCUT2D eigenvalue weighted by Crippen LogP contribution is 2.47. The van der Waals surface area contributed by atoms with Gasteiger partial charge in [-0.25, -0.2) is 0 Å². The Morgan fingerprint density at radius 2 is 0.800 bits per heavy atom. The molecule has 2 heterocycles. The van der Waals surface area contributed by atoms with Gasteiger partial charge in [-0.1, -0.05) is 157 Å². The van der Waals surface area contributed by atoms with Crippen LogP contribution in [0, 0.1) is 0 Å². The van der Waals surface area contributed by atoms with Gasteiger partial charge in [0.2, 0.25) is 0 Å². The van der Waals surface area contributed by atoms with Crippen LogP contribution < -0.4 is 10.4 Å². The number of aromatic nitrogens is 2. The monoisotopic (exact) mass is 718 g/mol. The van der Waals surface area contributed by atoms with Gasteiger partial charge in [0, 0.05) is 44.0 Å². The zero-order valence-corrected chi connectivity index (χ0v) is 32.0. The molecular formula is C52H38N2Si.